The van der Waals surface area contributed by atoms with Crippen molar-refractivity contribution in [2.24, 2.45) is 0 Å². The van der Waals surface area contributed by atoms with Crippen molar-refractivity contribution in [1.82, 2.24) is 0 Å². The summed E-state index contributed by atoms with van der Waals surface area (Å²) in [4.78, 5) is 0. The Hall–Kier alpha value is -1.44. The summed E-state index contributed by atoms with van der Waals surface area (Å²) in [6, 6.07) is 8.80. The molecule has 14 heavy (non-hydrogen) atoms. The molecule has 1 aliphatic carbocycles. The van der Waals surface area contributed by atoms with Gasteiger partial charge in [0, 0.05) is 6.42 Å². The van der Waals surface area contributed by atoms with Gasteiger partial charge in [0.1, 0.15) is 5.83 Å². The van der Waals surface area contributed by atoms with Crippen molar-refractivity contribution in [3.63, 3.8) is 0 Å². The molecule has 1 unspecified atom stereocenters. The van der Waals surface area contributed by atoms with Crippen LogP contribution in [0.25, 0.3) is 0 Å². The lowest BCUT2D eigenvalue weighted by atomic mass is 9.89. The Balaban J connectivity index is 2.32. The van der Waals surface area contributed by atoms with Crippen LogP contribution in [0.5, 0.6) is 0 Å². The fourth-order valence-electron chi connectivity index (χ4n) is 1.52. The van der Waals surface area contributed by atoms with E-state index in [2.05, 4.69) is 0 Å². The number of halogens is 2. The highest BCUT2D eigenvalue weighted by atomic mass is 19.1. The Labute approximate surface area is 81.6 Å². The van der Waals surface area contributed by atoms with E-state index >= 15 is 0 Å². The van der Waals surface area contributed by atoms with Crippen molar-refractivity contribution in [2.75, 3.05) is 0 Å². The fourth-order valence-corrected chi connectivity index (χ4v) is 1.52. The van der Waals surface area contributed by atoms with Gasteiger partial charge in [-0.3, -0.25) is 0 Å². The Morgan fingerprint density at radius 1 is 1.14 bits per heavy atom. The average molecular weight is 192 g/mol. The minimum atomic E-state index is -1.54. The monoisotopic (exact) mass is 192 g/mol. The Morgan fingerprint density at radius 3 is 2.43 bits per heavy atom. The topological polar surface area (TPSA) is 0 Å². The summed E-state index contributed by atoms with van der Waals surface area (Å²) in [7, 11) is 0. The van der Waals surface area contributed by atoms with Gasteiger partial charge in [-0.25, -0.2) is 8.78 Å². The van der Waals surface area contributed by atoms with Gasteiger partial charge in [0.15, 0.2) is 5.67 Å². The first-order chi connectivity index (χ1) is 6.71. The maximum atomic E-state index is 14.2. The zero-order valence-corrected chi connectivity index (χ0v) is 7.58. The standard InChI is InChI=1S/C12H10F2/c13-11-6-8-12(14,9-7-11)10-4-2-1-3-5-10/h1-8H,9H2. The minimum Gasteiger partial charge on any atom is -0.234 e. The molecule has 1 atom stereocenters. The van der Waals surface area contributed by atoms with Crippen LogP contribution in [0.3, 0.4) is 0 Å². The van der Waals surface area contributed by atoms with Crippen molar-refractivity contribution < 1.29 is 8.78 Å². The molecule has 2 heteroatoms. The van der Waals surface area contributed by atoms with E-state index in [1.165, 1.54) is 18.2 Å². The third kappa shape index (κ3) is 1.60. The first kappa shape index (κ1) is 9.13. The number of allylic oxidation sites excluding steroid dienone is 4. The molecule has 0 spiro atoms. The first-order valence-electron chi connectivity index (χ1n) is 4.50. The quantitative estimate of drug-likeness (QED) is 0.637. The molecular formula is C12H10F2. The molecule has 2 rings (SSSR count). The second-order valence-electron chi connectivity index (χ2n) is 3.35. The van der Waals surface area contributed by atoms with E-state index in [1.807, 2.05) is 6.07 Å². The number of rotatable bonds is 1. The summed E-state index contributed by atoms with van der Waals surface area (Å²) in [6.45, 7) is 0. The van der Waals surface area contributed by atoms with Gasteiger partial charge in [0.2, 0.25) is 0 Å². The Morgan fingerprint density at radius 2 is 1.86 bits per heavy atom. The molecule has 0 bridgehead atoms. The van der Waals surface area contributed by atoms with Crippen LogP contribution in [0.1, 0.15) is 12.0 Å². The van der Waals surface area contributed by atoms with Crippen LogP contribution < -0.4 is 0 Å². The van der Waals surface area contributed by atoms with Crippen LogP contribution in [0, 0.1) is 0 Å². The molecule has 0 heterocycles. The molecule has 0 saturated heterocycles. The molecule has 0 radical (unpaired) electrons. The molecule has 0 amide bonds. The number of hydrogen-bond donors (Lipinski definition) is 0. The van der Waals surface area contributed by atoms with Crippen molar-refractivity contribution in [3.05, 3.63) is 60.0 Å². The SMILES string of the molecule is FC1=CCC(F)(c2ccccc2)C=C1. The average Bonchev–Trinajstić information content (AvgIpc) is 2.24. The lowest BCUT2D eigenvalue weighted by Crippen LogP contribution is -2.17. The highest BCUT2D eigenvalue weighted by Crippen LogP contribution is 2.35. The maximum Gasteiger partial charge on any atom is 0.158 e. The summed E-state index contributed by atoms with van der Waals surface area (Å²) < 4.78 is 26.8. The van der Waals surface area contributed by atoms with E-state index in [4.69, 9.17) is 0 Å². The van der Waals surface area contributed by atoms with Crippen LogP contribution in [-0.2, 0) is 5.67 Å². The van der Waals surface area contributed by atoms with Crippen molar-refractivity contribution in [3.8, 4) is 0 Å². The summed E-state index contributed by atoms with van der Waals surface area (Å²) in [5.74, 6) is -0.366. The fraction of sp³-hybridized carbons (Fsp3) is 0.167. The molecule has 0 aliphatic heterocycles. The number of alkyl halides is 1. The normalized spacial score (nSPS) is 26.0. The molecule has 1 aromatic rings. The van der Waals surface area contributed by atoms with E-state index < -0.39 is 5.67 Å². The van der Waals surface area contributed by atoms with E-state index in [1.54, 1.807) is 24.3 Å². The van der Waals surface area contributed by atoms with Crippen LogP contribution in [-0.4, -0.2) is 0 Å². The van der Waals surface area contributed by atoms with Gasteiger partial charge in [-0.2, -0.15) is 0 Å². The van der Waals surface area contributed by atoms with Gasteiger partial charge < -0.3 is 0 Å². The summed E-state index contributed by atoms with van der Waals surface area (Å²) >= 11 is 0. The van der Waals surface area contributed by atoms with Gasteiger partial charge in [-0.05, 0) is 23.8 Å². The highest BCUT2D eigenvalue weighted by Gasteiger charge is 2.29. The van der Waals surface area contributed by atoms with Crippen molar-refractivity contribution >= 4 is 0 Å². The molecule has 0 fully saturated rings. The van der Waals surface area contributed by atoms with Crippen molar-refractivity contribution in [1.29, 1.82) is 0 Å². The second kappa shape index (κ2) is 3.37. The smallest absolute Gasteiger partial charge is 0.158 e. The first-order valence-corrected chi connectivity index (χ1v) is 4.50. The van der Waals surface area contributed by atoms with Gasteiger partial charge in [-0.15, -0.1) is 0 Å². The third-order valence-corrected chi connectivity index (χ3v) is 2.35. The largest absolute Gasteiger partial charge is 0.234 e. The van der Waals surface area contributed by atoms with E-state index in [0.717, 1.165) is 0 Å². The van der Waals surface area contributed by atoms with E-state index in [-0.39, 0.29) is 12.2 Å². The van der Waals surface area contributed by atoms with Crippen LogP contribution in [0.2, 0.25) is 0 Å². The maximum absolute atomic E-state index is 14.2. The lowest BCUT2D eigenvalue weighted by molar-refractivity contribution is 0.233. The Bertz CT molecular complexity index is 379. The molecule has 1 aromatic carbocycles. The van der Waals surface area contributed by atoms with E-state index in [9.17, 15) is 8.78 Å². The predicted molar refractivity (Wildman–Crippen MR) is 52.2 cm³/mol. The molecule has 0 saturated carbocycles. The summed E-state index contributed by atoms with van der Waals surface area (Å²) in [6.07, 6.45) is 3.79. The molecular weight excluding hydrogens is 182 g/mol. The molecule has 0 N–H and O–H groups in total. The zero-order chi connectivity index (χ0) is 10.0. The van der Waals surface area contributed by atoms with E-state index in [0.29, 0.717) is 5.56 Å². The second-order valence-corrected chi connectivity index (χ2v) is 3.35. The van der Waals surface area contributed by atoms with Gasteiger partial charge in [0.05, 0.1) is 0 Å². The Kier molecular flexibility index (Phi) is 2.20. The minimum absolute atomic E-state index is 0.0688. The zero-order valence-electron chi connectivity index (χ0n) is 7.58. The molecule has 0 nitrogen and oxygen atoms in total. The highest BCUT2D eigenvalue weighted by molar-refractivity contribution is 5.33. The molecule has 72 valence electrons. The van der Waals surface area contributed by atoms with Crippen LogP contribution in [0.4, 0.5) is 8.78 Å². The van der Waals surface area contributed by atoms with Crippen LogP contribution >= 0.6 is 0 Å². The van der Waals surface area contributed by atoms with Gasteiger partial charge in [0.25, 0.3) is 0 Å². The number of hydrogen-bond acceptors (Lipinski definition) is 0. The lowest BCUT2D eigenvalue weighted by Gasteiger charge is -2.22. The summed E-state index contributed by atoms with van der Waals surface area (Å²) in [5.41, 5.74) is -0.975. The van der Waals surface area contributed by atoms with Gasteiger partial charge in [-0.1, -0.05) is 30.3 Å². The van der Waals surface area contributed by atoms with Crippen LogP contribution in [0.15, 0.2) is 54.4 Å². The molecule has 1 aliphatic rings. The number of benzene rings is 1. The van der Waals surface area contributed by atoms with Gasteiger partial charge >= 0.3 is 0 Å². The molecule has 0 aromatic heterocycles. The third-order valence-electron chi connectivity index (χ3n) is 2.35. The van der Waals surface area contributed by atoms with Crippen molar-refractivity contribution in [2.45, 2.75) is 12.1 Å². The summed E-state index contributed by atoms with van der Waals surface area (Å²) in [5, 5.41) is 0. The predicted octanol–water partition coefficient (Wildman–Crippen LogP) is 3.66.